The van der Waals surface area contributed by atoms with Crippen LogP contribution in [-0.4, -0.2) is 38.3 Å². The Balaban J connectivity index is 0.00000127. The third-order valence-electron chi connectivity index (χ3n) is 4.07. The minimum atomic E-state index is -0.479. The molecule has 1 aromatic carbocycles. The molecule has 1 heterocycles. The third kappa shape index (κ3) is 5.52. The molecule has 2 unspecified atom stereocenters. The van der Waals surface area contributed by atoms with Crippen LogP contribution < -0.4 is 16.0 Å². The Kier molecular flexibility index (Phi) is 8.66. The molecular weight excluding hydrogens is 290 g/mol. The van der Waals surface area contributed by atoms with E-state index in [2.05, 4.69) is 10.2 Å². The Morgan fingerprint density at radius 1 is 1.30 bits per heavy atom. The van der Waals surface area contributed by atoms with Gasteiger partial charge in [0, 0.05) is 13.1 Å². The molecule has 2 atom stereocenters. The molecule has 3 N–H and O–H groups in total. The maximum absolute atomic E-state index is 12.3. The van der Waals surface area contributed by atoms with E-state index < -0.39 is 6.04 Å². The van der Waals surface area contributed by atoms with Gasteiger partial charge in [-0.15, -0.1) is 0 Å². The Morgan fingerprint density at radius 2 is 1.91 bits per heavy atom. The Hall–Kier alpha value is -1.59. The Bertz CT molecular complexity index is 473. The molecule has 1 amide bonds. The lowest BCUT2D eigenvalue weighted by Crippen LogP contribution is -2.41. The maximum Gasteiger partial charge on any atom is 0.241 e. The first-order valence-electron chi connectivity index (χ1n) is 8.61. The first-order valence-corrected chi connectivity index (χ1v) is 8.61. The average Bonchev–Trinajstić information content (AvgIpc) is 2.63. The number of para-hydroxylation sites is 2. The number of hydrogen-bond acceptors (Lipinski definition) is 4. The number of rotatable bonds is 5. The topological polar surface area (TPSA) is 67.6 Å². The van der Waals surface area contributed by atoms with Gasteiger partial charge in [-0.25, -0.2) is 0 Å². The summed E-state index contributed by atoms with van der Waals surface area (Å²) in [6.07, 6.45) is 0.889. The zero-order chi connectivity index (χ0) is 17.2. The summed E-state index contributed by atoms with van der Waals surface area (Å²) in [4.78, 5) is 14.5. The van der Waals surface area contributed by atoms with Crippen LogP contribution in [-0.2, 0) is 9.53 Å². The predicted octanol–water partition coefficient (Wildman–Crippen LogP) is 2.86. The molecule has 0 radical (unpaired) electrons. The number of nitrogens with one attached hydrogen (secondary N) is 1. The lowest BCUT2D eigenvalue weighted by molar-refractivity contribution is -0.118. The number of ether oxygens (including phenoxy) is 1. The van der Waals surface area contributed by atoms with Crippen LogP contribution >= 0.6 is 0 Å². The zero-order valence-electron chi connectivity index (χ0n) is 14.8. The molecule has 1 aliphatic heterocycles. The SMILES string of the molecule is CC.CCC(C)C(N)C(=O)Nc1ccccc1N1CCOCC1. The summed E-state index contributed by atoms with van der Waals surface area (Å²) in [7, 11) is 0. The molecule has 1 aromatic rings. The van der Waals surface area contributed by atoms with Gasteiger partial charge in [0.15, 0.2) is 0 Å². The summed E-state index contributed by atoms with van der Waals surface area (Å²) in [6, 6.07) is 7.37. The molecule has 1 aliphatic rings. The first kappa shape index (κ1) is 19.5. The third-order valence-corrected chi connectivity index (χ3v) is 4.07. The van der Waals surface area contributed by atoms with Crippen LogP contribution in [0.25, 0.3) is 0 Å². The highest BCUT2D eigenvalue weighted by molar-refractivity contribution is 5.97. The highest BCUT2D eigenvalue weighted by Crippen LogP contribution is 2.26. The van der Waals surface area contributed by atoms with Gasteiger partial charge in [0.1, 0.15) is 0 Å². The van der Waals surface area contributed by atoms with E-state index in [1.54, 1.807) is 0 Å². The van der Waals surface area contributed by atoms with Crippen molar-refractivity contribution >= 4 is 17.3 Å². The van der Waals surface area contributed by atoms with E-state index in [1.807, 2.05) is 52.0 Å². The smallest absolute Gasteiger partial charge is 0.241 e. The van der Waals surface area contributed by atoms with Crippen LogP contribution in [0.4, 0.5) is 11.4 Å². The molecule has 1 saturated heterocycles. The zero-order valence-corrected chi connectivity index (χ0v) is 14.8. The van der Waals surface area contributed by atoms with Crippen LogP contribution in [0.15, 0.2) is 24.3 Å². The molecular formula is C18H31N3O2. The summed E-state index contributed by atoms with van der Waals surface area (Å²) < 4.78 is 5.38. The standard InChI is InChI=1S/C16H25N3O2.C2H6/c1-3-12(2)15(17)16(20)18-13-6-4-5-7-14(13)19-8-10-21-11-9-19;1-2/h4-7,12,15H,3,8-11,17H2,1-2H3,(H,18,20);1-2H3. The van der Waals surface area contributed by atoms with Gasteiger partial charge in [-0.05, 0) is 18.1 Å². The van der Waals surface area contributed by atoms with Crippen molar-refractivity contribution < 1.29 is 9.53 Å². The fourth-order valence-electron chi connectivity index (χ4n) is 2.39. The lowest BCUT2D eigenvalue weighted by Gasteiger charge is -2.31. The van der Waals surface area contributed by atoms with Gasteiger partial charge >= 0.3 is 0 Å². The van der Waals surface area contributed by atoms with Crippen molar-refractivity contribution in [2.45, 2.75) is 40.2 Å². The quantitative estimate of drug-likeness (QED) is 0.875. The van der Waals surface area contributed by atoms with E-state index in [-0.39, 0.29) is 11.8 Å². The van der Waals surface area contributed by atoms with Gasteiger partial charge in [0.2, 0.25) is 5.91 Å². The highest BCUT2D eigenvalue weighted by Gasteiger charge is 2.21. The largest absolute Gasteiger partial charge is 0.378 e. The molecule has 0 bridgehead atoms. The predicted molar refractivity (Wildman–Crippen MR) is 96.9 cm³/mol. The summed E-state index contributed by atoms with van der Waals surface area (Å²) in [5.41, 5.74) is 7.86. The minimum absolute atomic E-state index is 0.120. The van der Waals surface area contributed by atoms with Crippen LogP contribution in [0.1, 0.15) is 34.1 Å². The van der Waals surface area contributed by atoms with Gasteiger partial charge in [0.05, 0.1) is 30.6 Å². The molecule has 1 fully saturated rings. The number of benzene rings is 1. The van der Waals surface area contributed by atoms with Crippen molar-refractivity contribution in [3.63, 3.8) is 0 Å². The number of carbonyl (C=O) groups excluding carboxylic acids is 1. The van der Waals surface area contributed by atoms with Crippen molar-refractivity contribution in [1.82, 2.24) is 0 Å². The fraction of sp³-hybridized carbons (Fsp3) is 0.611. The number of nitrogens with two attached hydrogens (primary N) is 1. The first-order chi connectivity index (χ1) is 11.1. The monoisotopic (exact) mass is 321 g/mol. The summed E-state index contributed by atoms with van der Waals surface area (Å²) in [6.45, 7) is 11.1. The molecule has 2 rings (SSSR count). The molecule has 5 nitrogen and oxygen atoms in total. The molecule has 0 aliphatic carbocycles. The van der Waals surface area contributed by atoms with Crippen LogP contribution in [0.5, 0.6) is 0 Å². The van der Waals surface area contributed by atoms with E-state index >= 15 is 0 Å². The lowest BCUT2D eigenvalue weighted by atomic mass is 9.99. The van der Waals surface area contributed by atoms with Crippen molar-refractivity contribution in [1.29, 1.82) is 0 Å². The number of nitrogens with zero attached hydrogens (tertiary/aromatic N) is 1. The second-order valence-electron chi connectivity index (χ2n) is 5.52. The van der Waals surface area contributed by atoms with Crippen LogP contribution in [0.3, 0.4) is 0 Å². The van der Waals surface area contributed by atoms with Gasteiger partial charge in [-0.1, -0.05) is 46.2 Å². The molecule has 0 aromatic heterocycles. The minimum Gasteiger partial charge on any atom is -0.378 e. The number of hydrogen-bond donors (Lipinski definition) is 2. The second-order valence-corrected chi connectivity index (χ2v) is 5.52. The van der Waals surface area contributed by atoms with Crippen LogP contribution in [0, 0.1) is 5.92 Å². The molecule has 130 valence electrons. The van der Waals surface area contributed by atoms with Crippen LogP contribution in [0.2, 0.25) is 0 Å². The second kappa shape index (κ2) is 10.2. The number of morpholine rings is 1. The van der Waals surface area contributed by atoms with Crippen molar-refractivity contribution in [2.75, 3.05) is 36.5 Å². The number of amides is 1. The van der Waals surface area contributed by atoms with E-state index in [1.165, 1.54) is 0 Å². The Morgan fingerprint density at radius 3 is 2.52 bits per heavy atom. The van der Waals surface area contributed by atoms with Crippen molar-refractivity contribution in [2.24, 2.45) is 11.7 Å². The summed E-state index contributed by atoms with van der Waals surface area (Å²) >= 11 is 0. The van der Waals surface area contributed by atoms with Crippen molar-refractivity contribution in [3.05, 3.63) is 24.3 Å². The number of carbonyl (C=O) groups is 1. The van der Waals surface area contributed by atoms with Crippen molar-refractivity contribution in [3.8, 4) is 0 Å². The van der Waals surface area contributed by atoms with Gasteiger partial charge < -0.3 is 20.7 Å². The summed E-state index contributed by atoms with van der Waals surface area (Å²) in [5, 5.41) is 2.98. The normalized spacial score (nSPS) is 16.8. The van der Waals surface area contributed by atoms with E-state index in [0.717, 1.165) is 30.9 Å². The highest BCUT2D eigenvalue weighted by atomic mass is 16.5. The molecule has 0 saturated carbocycles. The van der Waals surface area contributed by atoms with Gasteiger partial charge in [0.25, 0.3) is 0 Å². The molecule has 23 heavy (non-hydrogen) atoms. The van der Waals surface area contributed by atoms with E-state index in [0.29, 0.717) is 13.2 Å². The summed E-state index contributed by atoms with van der Waals surface area (Å²) in [5.74, 6) is 0.0469. The van der Waals surface area contributed by atoms with Gasteiger partial charge in [-0.3, -0.25) is 4.79 Å². The molecule has 0 spiro atoms. The maximum atomic E-state index is 12.3. The number of anilines is 2. The average molecular weight is 321 g/mol. The van der Waals surface area contributed by atoms with Gasteiger partial charge in [-0.2, -0.15) is 0 Å². The Labute approximate surface area is 140 Å². The van der Waals surface area contributed by atoms with E-state index in [4.69, 9.17) is 10.5 Å². The molecule has 5 heteroatoms. The fourth-order valence-corrected chi connectivity index (χ4v) is 2.39. The van der Waals surface area contributed by atoms with E-state index in [9.17, 15) is 4.79 Å².